The summed E-state index contributed by atoms with van der Waals surface area (Å²) in [7, 11) is 0. The summed E-state index contributed by atoms with van der Waals surface area (Å²) in [4.78, 5) is -1.85. The molecule has 0 radical (unpaired) electrons. The van der Waals surface area contributed by atoms with E-state index in [1.54, 1.807) is 0 Å². The molecule has 2 aliphatic rings. The van der Waals surface area contributed by atoms with E-state index in [-0.39, 0.29) is 11.0 Å². The summed E-state index contributed by atoms with van der Waals surface area (Å²) in [5.74, 6) is -0.716. The van der Waals surface area contributed by atoms with Gasteiger partial charge in [-0.25, -0.2) is 0 Å². The Kier molecular flexibility index (Phi) is 3.30. The molecule has 2 nitrogen and oxygen atoms in total. The van der Waals surface area contributed by atoms with E-state index < -0.39 is 15.7 Å². The minimum atomic E-state index is -0.977. The number of hydrogen-bond donors (Lipinski definition) is 0. The molecular weight excluding hydrogens is 302 g/mol. The van der Waals surface area contributed by atoms with E-state index in [4.69, 9.17) is 51.7 Å². The molecule has 0 spiro atoms. The van der Waals surface area contributed by atoms with E-state index in [1.165, 1.54) is 0 Å². The third-order valence-corrected chi connectivity index (χ3v) is 6.13. The molecule has 0 amide bonds. The van der Waals surface area contributed by atoms with Crippen LogP contribution >= 0.6 is 46.4 Å². The number of nitrogens with zero attached hydrogens (tertiary/aromatic N) is 2. The Hall–Kier alpha value is -0.120. The SMILES string of the molecule is N#CCC[C@H]1[C@H](C#N)[C@@]2(Cl)C[C@]1(Cl)C(Cl)=C2Cl. The highest BCUT2D eigenvalue weighted by Crippen LogP contribution is 2.68. The standard InChI is InChI=1S/C11H8Cl4N2/c12-8-9(13)11(15)5-10(8,14)6(2-1-3-16)7(11)4-17/h6-7H,1-2,5H2/t6-,7-,10+,11-/m0/s1. The highest BCUT2D eigenvalue weighted by atomic mass is 35.5. The van der Waals surface area contributed by atoms with Crippen LogP contribution in [0.5, 0.6) is 0 Å². The summed E-state index contributed by atoms with van der Waals surface area (Å²) in [6, 6.07) is 4.22. The Morgan fingerprint density at radius 1 is 1.18 bits per heavy atom. The molecule has 0 aliphatic heterocycles. The number of fused-ring (bicyclic) bond motifs is 2. The van der Waals surface area contributed by atoms with Crippen LogP contribution in [0.4, 0.5) is 0 Å². The Bertz CT molecular complexity index is 475. The number of nitriles is 2. The van der Waals surface area contributed by atoms with Crippen molar-refractivity contribution in [1.82, 2.24) is 0 Å². The van der Waals surface area contributed by atoms with Crippen LogP contribution in [0.2, 0.25) is 0 Å². The molecule has 1 fully saturated rings. The van der Waals surface area contributed by atoms with Crippen LogP contribution in [0.15, 0.2) is 10.1 Å². The molecule has 1 saturated carbocycles. The van der Waals surface area contributed by atoms with Crippen molar-refractivity contribution >= 4 is 46.4 Å². The first-order valence-electron chi connectivity index (χ1n) is 5.12. The Morgan fingerprint density at radius 3 is 2.29 bits per heavy atom. The number of rotatable bonds is 2. The molecule has 6 heteroatoms. The minimum absolute atomic E-state index is 0.221. The molecule has 0 saturated heterocycles. The van der Waals surface area contributed by atoms with Gasteiger partial charge in [0, 0.05) is 12.3 Å². The molecule has 0 N–H and O–H groups in total. The zero-order valence-electron chi connectivity index (χ0n) is 8.68. The lowest BCUT2D eigenvalue weighted by atomic mass is 9.80. The maximum Gasteiger partial charge on any atom is 0.0994 e. The fourth-order valence-corrected chi connectivity index (χ4v) is 4.77. The average molecular weight is 310 g/mol. The van der Waals surface area contributed by atoms with Gasteiger partial charge in [0.05, 0.1) is 37.9 Å². The fourth-order valence-electron chi connectivity index (χ4n) is 2.83. The number of allylic oxidation sites excluding steroid dienone is 2. The van der Waals surface area contributed by atoms with Gasteiger partial charge in [-0.15, -0.1) is 23.2 Å². The van der Waals surface area contributed by atoms with Crippen LogP contribution in [-0.4, -0.2) is 9.75 Å². The minimum Gasteiger partial charge on any atom is -0.198 e. The molecular formula is C11H8Cl4N2. The van der Waals surface area contributed by atoms with Crippen molar-refractivity contribution in [3.63, 3.8) is 0 Å². The second kappa shape index (κ2) is 4.22. The fraction of sp³-hybridized carbons (Fsp3) is 0.636. The lowest BCUT2D eigenvalue weighted by molar-refractivity contribution is 0.372. The highest BCUT2D eigenvalue weighted by Gasteiger charge is 2.68. The molecule has 0 aromatic carbocycles. The molecule has 4 atom stereocenters. The molecule has 0 aromatic rings. The van der Waals surface area contributed by atoms with Gasteiger partial charge < -0.3 is 0 Å². The monoisotopic (exact) mass is 308 g/mol. The Balaban J connectivity index is 2.45. The molecule has 2 rings (SSSR count). The maximum atomic E-state index is 9.24. The molecule has 2 bridgehead atoms. The van der Waals surface area contributed by atoms with E-state index in [1.807, 2.05) is 0 Å². The summed E-state index contributed by atoms with van der Waals surface area (Å²) >= 11 is 25.1. The van der Waals surface area contributed by atoms with Crippen molar-refractivity contribution in [2.24, 2.45) is 11.8 Å². The van der Waals surface area contributed by atoms with Crippen LogP contribution < -0.4 is 0 Å². The first kappa shape index (κ1) is 13.3. The Labute approximate surface area is 120 Å². The number of alkyl halides is 2. The van der Waals surface area contributed by atoms with Gasteiger partial charge in [0.15, 0.2) is 0 Å². The summed E-state index contributed by atoms with van der Waals surface area (Å²) in [5.41, 5.74) is 0. The van der Waals surface area contributed by atoms with Crippen molar-refractivity contribution in [3.05, 3.63) is 10.1 Å². The number of halogens is 4. The lowest BCUT2D eigenvalue weighted by Gasteiger charge is -2.33. The third-order valence-electron chi connectivity index (χ3n) is 3.63. The van der Waals surface area contributed by atoms with Crippen molar-refractivity contribution in [1.29, 1.82) is 10.5 Å². The smallest absolute Gasteiger partial charge is 0.0994 e. The number of hydrogen-bond acceptors (Lipinski definition) is 2. The van der Waals surface area contributed by atoms with Gasteiger partial charge in [0.25, 0.3) is 0 Å². The van der Waals surface area contributed by atoms with Crippen LogP contribution in [0.3, 0.4) is 0 Å². The van der Waals surface area contributed by atoms with E-state index in [2.05, 4.69) is 12.1 Å². The lowest BCUT2D eigenvalue weighted by Crippen LogP contribution is -2.35. The van der Waals surface area contributed by atoms with Gasteiger partial charge in [-0.1, -0.05) is 23.2 Å². The third kappa shape index (κ3) is 1.59. The van der Waals surface area contributed by atoms with Gasteiger partial charge in [0.1, 0.15) is 0 Å². The van der Waals surface area contributed by atoms with Gasteiger partial charge in [0.2, 0.25) is 0 Å². The second-order valence-corrected chi connectivity index (χ2v) is 6.54. The van der Waals surface area contributed by atoms with E-state index in [0.29, 0.717) is 24.3 Å². The molecule has 17 heavy (non-hydrogen) atoms. The zero-order valence-corrected chi connectivity index (χ0v) is 11.7. The second-order valence-electron chi connectivity index (χ2n) is 4.44. The average Bonchev–Trinajstić information content (AvgIpc) is 2.62. The van der Waals surface area contributed by atoms with Gasteiger partial charge in [-0.2, -0.15) is 10.5 Å². The van der Waals surface area contributed by atoms with Crippen molar-refractivity contribution in [2.45, 2.75) is 29.0 Å². The zero-order chi connectivity index (χ0) is 12.8. The summed E-state index contributed by atoms with van der Waals surface area (Å²) < 4.78 is 0. The van der Waals surface area contributed by atoms with Crippen LogP contribution in [-0.2, 0) is 0 Å². The van der Waals surface area contributed by atoms with Crippen molar-refractivity contribution in [2.75, 3.05) is 0 Å². The van der Waals surface area contributed by atoms with E-state index in [0.717, 1.165) is 0 Å². The van der Waals surface area contributed by atoms with Crippen molar-refractivity contribution in [3.8, 4) is 12.1 Å². The van der Waals surface area contributed by atoms with Crippen LogP contribution in [0.1, 0.15) is 19.3 Å². The van der Waals surface area contributed by atoms with Gasteiger partial charge >= 0.3 is 0 Å². The quantitative estimate of drug-likeness (QED) is 0.721. The van der Waals surface area contributed by atoms with Crippen molar-refractivity contribution < 1.29 is 0 Å². The predicted molar refractivity (Wildman–Crippen MR) is 68.0 cm³/mol. The van der Waals surface area contributed by atoms with Crippen LogP contribution in [0, 0.1) is 34.5 Å². The maximum absolute atomic E-state index is 9.24. The summed E-state index contributed by atoms with van der Waals surface area (Å²) in [5, 5.41) is 18.5. The van der Waals surface area contributed by atoms with Crippen LogP contribution in [0.25, 0.3) is 0 Å². The molecule has 0 unspecified atom stereocenters. The summed E-state index contributed by atoms with van der Waals surface area (Å²) in [6.07, 6.45) is 1.19. The molecule has 90 valence electrons. The molecule has 2 aliphatic carbocycles. The highest BCUT2D eigenvalue weighted by molar-refractivity contribution is 6.51. The molecule has 0 aromatic heterocycles. The van der Waals surface area contributed by atoms with E-state index >= 15 is 0 Å². The summed E-state index contributed by atoms with van der Waals surface area (Å²) in [6.45, 7) is 0. The van der Waals surface area contributed by atoms with E-state index in [9.17, 15) is 5.26 Å². The van der Waals surface area contributed by atoms with Gasteiger partial charge in [-0.05, 0) is 12.8 Å². The topological polar surface area (TPSA) is 47.6 Å². The molecule has 0 heterocycles. The first-order chi connectivity index (χ1) is 7.91. The first-order valence-corrected chi connectivity index (χ1v) is 6.63. The normalized spacial score (nSPS) is 43.6. The van der Waals surface area contributed by atoms with Gasteiger partial charge in [-0.3, -0.25) is 0 Å². The predicted octanol–water partition coefficient (Wildman–Crippen LogP) is 4.11. The largest absolute Gasteiger partial charge is 0.198 e. The Morgan fingerprint density at radius 2 is 1.76 bits per heavy atom.